The molecule has 77 heavy (non-hydrogen) atoms. The van der Waals surface area contributed by atoms with Crippen LogP contribution in [0.15, 0.2) is 91.6 Å². The number of Topliss-reactive ketones (excluding diaryl/α,β-unsaturated/α-hetero) is 1. The van der Waals surface area contributed by atoms with Gasteiger partial charge >= 0.3 is 50.7 Å². The van der Waals surface area contributed by atoms with Crippen molar-refractivity contribution in [1.29, 1.82) is 0 Å². The number of ketones is 1. The van der Waals surface area contributed by atoms with Gasteiger partial charge in [-0.25, -0.2) is 18.7 Å². The molecule has 2 aliphatic heterocycles. The number of rotatable bonds is 23. The lowest BCUT2D eigenvalue weighted by Crippen LogP contribution is -2.35. The van der Waals surface area contributed by atoms with Crippen LogP contribution < -0.4 is 36.3 Å². The van der Waals surface area contributed by atoms with Crippen LogP contribution in [0.4, 0.5) is 5.82 Å². The molecule has 2 unspecified atom stereocenters. The molecule has 4 N–H and O–H groups in total. The highest BCUT2D eigenvalue weighted by Gasteiger charge is 2.38. The van der Waals surface area contributed by atoms with Gasteiger partial charge in [0.25, 0.3) is 0 Å². The summed E-state index contributed by atoms with van der Waals surface area (Å²) < 4.78 is 88.8. The molecule has 2 aromatic heterocycles. The largest absolute Gasteiger partial charge is 0.468 e. The number of halogens is 2. The quantitative estimate of drug-likeness (QED) is 0.0360. The number of benzene rings is 2. The zero-order valence-corrected chi connectivity index (χ0v) is 47.7. The molecule has 4 aromatic rings. The third-order valence-electron chi connectivity index (χ3n) is 10.1. The van der Waals surface area contributed by atoms with Crippen LogP contribution in [0.2, 0.25) is 0 Å². The lowest BCUT2D eigenvalue weighted by molar-refractivity contribution is -0.159. The lowest BCUT2D eigenvalue weighted by atomic mass is 10.2. The maximum Gasteiger partial charge on any atom is 0.459 e. The molecule has 0 spiro atoms. The summed E-state index contributed by atoms with van der Waals surface area (Å²) in [4.78, 5) is 87.9. The number of aromatic nitrogens is 4. The zero-order chi connectivity index (χ0) is 56.9. The van der Waals surface area contributed by atoms with Gasteiger partial charge in [0.1, 0.15) is 48.4 Å². The van der Waals surface area contributed by atoms with Gasteiger partial charge in [0.05, 0.1) is 33.1 Å². The Hall–Kier alpha value is -5.55. The van der Waals surface area contributed by atoms with Crippen molar-refractivity contribution in [2.24, 2.45) is 0 Å². The Morgan fingerprint density at radius 1 is 0.675 bits per heavy atom. The van der Waals surface area contributed by atoms with E-state index in [4.69, 9.17) is 42.8 Å². The molecule has 8 atom stereocenters. The summed E-state index contributed by atoms with van der Waals surface area (Å²) >= 11 is 6.61. The summed E-state index contributed by atoms with van der Waals surface area (Å²) in [5.74, 6) is -1.70. The molecule has 6 rings (SSSR count). The molecule has 2 aromatic carbocycles. The Kier molecular flexibility index (Phi) is 25.9. The molecule has 31 heteroatoms. The first kappa shape index (κ1) is 64.0. The predicted octanol–water partition coefficient (Wildman–Crippen LogP) is 5.44. The molecular weight excluding hydrogens is 1190 g/mol. The van der Waals surface area contributed by atoms with E-state index < -0.39 is 87.9 Å². The van der Waals surface area contributed by atoms with Crippen LogP contribution in [0.1, 0.15) is 72.0 Å². The van der Waals surface area contributed by atoms with Gasteiger partial charge in [-0.1, -0.05) is 52.6 Å². The van der Waals surface area contributed by atoms with Crippen molar-refractivity contribution in [1.82, 2.24) is 29.3 Å². The van der Waals surface area contributed by atoms with E-state index in [1.165, 1.54) is 55.7 Å². The van der Waals surface area contributed by atoms with Crippen LogP contribution in [-0.4, -0.2) is 114 Å². The fourth-order valence-electron chi connectivity index (χ4n) is 6.06. The fourth-order valence-corrected chi connectivity index (χ4v) is 9.54. The molecule has 0 aliphatic carbocycles. The lowest BCUT2D eigenvalue weighted by Gasteiger charge is -2.23. The van der Waals surface area contributed by atoms with E-state index in [0.29, 0.717) is 12.1 Å². The Labute approximate surface area is 458 Å². The summed E-state index contributed by atoms with van der Waals surface area (Å²) in [6.45, 7) is 7.31. The first-order valence-corrected chi connectivity index (χ1v) is 28.0. The van der Waals surface area contributed by atoms with Crippen molar-refractivity contribution in [3.8, 4) is 11.5 Å². The fraction of sp³-hybridized carbons (Fsp3) is 0.457. The van der Waals surface area contributed by atoms with E-state index in [0.717, 1.165) is 8.95 Å². The summed E-state index contributed by atoms with van der Waals surface area (Å²) in [6, 6.07) is 14.1. The Morgan fingerprint density at radius 2 is 1.09 bits per heavy atom. The molecule has 0 bridgehead atoms. The van der Waals surface area contributed by atoms with E-state index in [-0.39, 0.29) is 68.8 Å². The molecule has 422 valence electrons. The molecule has 2 saturated heterocycles. The van der Waals surface area contributed by atoms with Crippen molar-refractivity contribution in [3.05, 3.63) is 109 Å². The first-order valence-electron chi connectivity index (χ1n) is 23.3. The smallest absolute Gasteiger partial charge is 0.459 e. The van der Waals surface area contributed by atoms with E-state index in [1.807, 2.05) is 0 Å². The molecule has 0 radical (unpaired) electrons. The molecule has 2 aliphatic rings. The summed E-state index contributed by atoms with van der Waals surface area (Å²) in [5, 5.41) is 5.05. The van der Waals surface area contributed by atoms with Gasteiger partial charge in [0.15, 0.2) is 25.0 Å². The minimum Gasteiger partial charge on any atom is -0.468 e. The van der Waals surface area contributed by atoms with Crippen LogP contribution in [0, 0.1) is 0 Å². The van der Waals surface area contributed by atoms with Gasteiger partial charge in [-0.2, -0.15) is 20.1 Å². The van der Waals surface area contributed by atoms with Crippen molar-refractivity contribution in [2.45, 2.75) is 97.4 Å². The third-order valence-corrected chi connectivity index (χ3v) is 14.4. The van der Waals surface area contributed by atoms with E-state index in [9.17, 15) is 42.7 Å². The normalized spacial score (nSPS) is 19.0. The van der Waals surface area contributed by atoms with Gasteiger partial charge in [-0.15, -0.1) is 0 Å². The molecule has 4 heterocycles. The van der Waals surface area contributed by atoms with Crippen molar-refractivity contribution in [2.75, 3.05) is 46.4 Å². The average Bonchev–Trinajstić information content (AvgIpc) is 4.09. The number of carbonyl (C=O) groups excluding carboxylic acids is 5. The van der Waals surface area contributed by atoms with Crippen LogP contribution in [0.3, 0.4) is 0 Å². The second-order valence-corrected chi connectivity index (χ2v) is 21.1. The second-order valence-electron chi connectivity index (χ2n) is 15.9. The Morgan fingerprint density at radius 3 is 1.47 bits per heavy atom. The van der Waals surface area contributed by atoms with Crippen molar-refractivity contribution >= 4 is 82.8 Å². The number of esters is 4. The molecule has 0 saturated carbocycles. The number of nitrogen functional groups attached to an aromatic ring is 1. The minimum absolute atomic E-state index is 0.00666. The highest BCUT2D eigenvalue weighted by atomic mass is 79.9. The maximum absolute atomic E-state index is 13.4. The monoisotopic (exact) mass is 1250 g/mol. The number of hydrogen-bond acceptors (Lipinski definition) is 23. The van der Waals surface area contributed by atoms with Crippen LogP contribution in [0.25, 0.3) is 0 Å². The summed E-state index contributed by atoms with van der Waals surface area (Å²) in [6.07, 6.45) is 0.347. The van der Waals surface area contributed by atoms with Crippen molar-refractivity contribution < 1.29 is 84.4 Å². The maximum atomic E-state index is 13.4. The van der Waals surface area contributed by atoms with Gasteiger partial charge in [0.2, 0.25) is 0 Å². The number of carbonyl (C=O) groups is 5. The van der Waals surface area contributed by atoms with Crippen LogP contribution in [0.5, 0.6) is 11.5 Å². The standard InChI is InChI=1S/C22H27BrN3O9P.C18H22BrN4O8P.C6H10O3/c1-4-17(27)11-16-9-10-26(22(29)24-16)19-12-32-20(34-19)13-33-36(30,25-14(2)21(28)31-3)35-18-7-5-15(23)6-8-18;1-11(17(24)27-2)22-32(26,31-13-5-3-12(19)4-6-13)29-10-16-28-9-15(30-16)23-8-7-14(20)21-18(23)25;1-3-5(7)9-6(8)4-2/h5-10,14,19-20H,4,11-13H2,1-3H3,(H,25,30);3-8,11,15-16H,9-10H2,1-2H3,(H,22,26)(H2,20,21,25);3-4H2,1-2H3/t14-,19-,20-,36?;11-,15-,16-,32?;/m00./s1. The minimum atomic E-state index is -4.10. The SMILES string of the molecule is CCC(=O)Cc1ccn([C@@H]2CO[C@H](COP(=O)(N[C@@H](C)C(=O)OC)Oc3ccc(Br)cc3)O2)c(=O)n1.CCC(=O)OC(=O)CC.COC(=O)[C@H](C)NP(=O)(OC[C@H]1OC[C@@H](n2ccc(N)nc2=O)O1)Oc1ccc(Br)cc1. The molecule has 0 amide bonds. The number of anilines is 1. The average molecular weight is 1250 g/mol. The van der Waals surface area contributed by atoms with Crippen LogP contribution >= 0.6 is 47.4 Å². The Bertz CT molecular complexity index is 2830. The highest BCUT2D eigenvalue weighted by Crippen LogP contribution is 2.47. The Balaban J connectivity index is 0.000000288. The third kappa shape index (κ3) is 21.3. The second kappa shape index (κ2) is 31.1. The molecule has 27 nitrogen and oxygen atoms in total. The van der Waals surface area contributed by atoms with Gasteiger partial charge in [-0.05, 0) is 74.5 Å². The van der Waals surface area contributed by atoms with Gasteiger partial charge in [0, 0.05) is 47.0 Å². The number of hydrogen-bond donors (Lipinski definition) is 3. The number of nitrogens with two attached hydrogens (primary N) is 1. The van der Waals surface area contributed by atoms with E-state index >= 15 is 0 Å². The first-order chi connectivity index (χ1) is 36.5. The van der Waals surface area contributed by atoms with Gasteiger partial charge < -0.3 is 47.9 Å². The number of nitrogens with zero attached hydrogens (tertiary/aromatic N) is 4. The van der Waals surface area contributed by atoms with E-state index in [1.54, 1.807) is 75.4 Å². The van der Waals surface area contributed by atoms with Gasteiger partial charge in [-0.3, -0.25) is 42.2 Å². The predicted molar refractivity (Wildman–Crippen MR) is 278 cm³/mol. The molecular formula is C46H59Br2N7O20P2. The number of ether oxygens (including phenoxy) is 7. The van der Waals surface area contributed by atoms with Crippen molar-refractivity contribution in [3.63, 3.8) is 0 Å². The number of methoxy groups -OCH3 is 2. The number of nitrogens with one attached hydrogen (secondary N) is 2. The summed E-state index contributed by atoms with van der Waals surface area (Å²) in [5.41, 5.74) is 4.67. The highest BCUT2D eigenvalue weighted by molar-refractivity contribution is 9.10. The molecule has 2 fully saturated rings. The summed E-state index contributed by atoms with van der Waals surface area (Å²) in [7, 11) is -5.75. The topological polar surface area (TPSA) is 341 Å². The van der Waals surface area contributed by atoms with E-state index in [2.05, 4.69) is 66.2 Å². The van der Waals surface area contributed by atoms with Crippen LogP contribution in [-0.2, 0) is 81.7 Å². The zero-order valence-electron chi connectivity index (χ0n) is 42.7.